The van der Waals surface area contributed by atoms with Crippen LogP contribution in [0, 0.1) is 13.8 Å². The van der Waals surface area contributed by atoms with Gasteiger partial charge < -0.3 is 15.4 Å². The first kappa shape index (κ1) is 13.8. The standard InChI is InChI=1S/C16H25N3O/c1-11-9-12(2)18-16(13(11)10-17)19-7-8-20-15-6-4-3-5-14(15)19/h9,14-15H,3-8,10,17H2,1-2H3. The number of hydrogen-bond acceptors (Lipinski definition) is 4. The lowest BCUT2D eigenvalue weighted by Gasteiger charge is -2.45. The van der Waals surface area contributed by atoms with Gasteiger partial charge in [-0.25, -0.2) is 4.98 Å². The van der Waals surface area contributed by atoms with Crippen LogP contribution in [0.15, 0.2) is 6.07 Å². The fourth-order valence-electron chi connectivity index (χ4n) is 3.69. The number of anilines is 1. The molecule has 2 fully saturated rings. The fraction of sp³-hybridized carbons (Fsp3) is 0.688. The Bertz CT molecular complexity index is 487. The maximum absolute atomic E-state index is 5.98. The molecule has 1 aliphatic heterocycles. The van der Waals surface area contributed by atoms with Gasteiger partial charge >= 0.3 is 0 Å². The molecule has 0 aromatic carbocycles. The van der Waals surface area contributed by atoms with Gasteiger partial charge in [-0.05, 0) is 38.3 Å². The summed E-state index contributed by atoms with van der Waals surface area (Å²) >= 11 is 0. The number of nitrogens with two attached hydrogens (primary N) is 1. The highest BCUT2D eigenvalue weighted by Gasteiger charge is 2.35. The lowest BCUT2D eigenvalue weighted by atomic mass is 9.89. The Hall–Kier alpha value is -1.13. The van der Waals surface area contributed by atoms with Crippen molar-refractivity contribution in [1.82, 2.24) is 4.98 Å². The molecule has 2 unspecified atom stereocenters. The van der Waals surface area contributed by atoms with Gasteiger partial charge in [0.25, 0.3) is 0 Å². The second-order valence-electron chi connectivity index (χ2n) is 6.04. The van der Waals surface area contributed by atoms with Gasteiger partial charge in [0, 0.05) is 24.3 Å². The normalized spacial score (nSPS) is 26.4. The zero-order valence-electron chi connectivity index (χ0n) is 12.6. The highest BCUT2D eigenvalue weighted by molar-refractivity contribution is 5.53. The topological polar surface area (TPSA) is 51.4 Å². The minimum Gasteiger partial charge on any atom is -0.374 e. The van der Waals surface area contributed by atoms with Crippen molar-refractivity contribution in [3.63, 3.8) is 0 Å². The number of pyridine rings is 1. The van der Waals surface area contributed by atoms with E-state index >= 15 is 0 Å². The van der Waals surface area contributed by atoms with Crippen LogP contribution < -0.4 is 10.6 Å². The minimum atomic E-state index is 0.380. The molecule has 20 heavy (non-hydrogen) atoms. The Morgan fingerprint density at radius 3 is 2.95 bits per heavy atom. The lowest BCUT2D eigenvalue weighted by molar-refractivity contribution is -0.00906. The average Bonchev–Trinajstić information content (AvgIpc) is 2.46. The van der Waals surface area contributed by atoms with Crippen LogP contribution in [0.1, 0.15) is 42.5 Å². The zero-order chi connectivity index (χ0) is 14.1. The predicted octanol–water partition coefficient (Wildman–Crippen LogP) is 2.30. The van der Waals surface area contributed by atoms with Crippen molar-refractivity contribution < 1.29 is 4.74 Å². The summed E-state index contributed by atoms with van der Waals surface area (Å²) in [5.74, 6) is 1.10. The number of fused-ring (bicyclic) bond motifs is 1. The molecule has 2 heterocycles. The smallest absolute Gasteiger partial charge is 0.134 e. The van der Waals surface area contributed by atoms with Gasteiger partial charge in [0.1, 0.15) is 5.82 Å². The molecule has 1 saturated heterocycles. The van der Waals surface area contributed by atoms with Crippen molar-refractivity contribution >= 4 is 5.82 Å². The number of nitrogens with zero attached hydrogens (tertiary/aromatic N) is 2. The molecule has 1 aromatic heterocycles. The van der Waals surface area contributed by atoms with E-state index in [0.717, 1.165) is 24.7 Å². The average molecular weight is 275 g/mol. The number of ether oxygens (including phenoxy) is 1. The summed E-state index contributed by atoms with van der Waals surface area (Å²) in [6, 6.07) is 2.61. The largest absolute Gasteiger partial charge is 0.374 e. The molecule has 0 spiro atoms. The van der Waals surface area contributed by atoms with Crippen LogP contribution in [0.4, 0.5) is 5.82 Å². The third-order valence-electron chi connectivity index (χ3n) is 4.66. The van der Waals surface area contributed by atoms with Crippen LogP contribution in [0.2, 0.25) is 0 Å². The van der Waals surface area contributed by atoms with Crippen molar-refractivity contribution in [2.75, 3.05) is 18.1 Å². The SMILES string of the molecule is Cc1cc(C)c(CN)c(N2CCOC3CCCCC32)n1. The quantitative estimate of drug-likeness (QED) is 0.900. The lowest BCUT2D eigenvalue weighted by Crippen LogP contribution is -2.53. The number of rotatable bonds is 2. The van der Waals surface area contributed by atoms with Crippen molar-refractivity contribution in [2.24, 2.45) is 5.73 Å². The third kappa shape index (κ3) is 2.42. The summed E-state index contributed by atoms with van der Waals surface area (Å²) < 4.78 is 5.97. The number of morpholine rings is 1. The summed E-state index contributed by atoms with van der Waals surface area (Å²) in [6.45, 7) is 6.50. The molecule has 1 aliphatic carbocycles. The summed E-state index contributed by atoms with van der Waals surface area (Å²) in [7, 11) is 0. The van der Waals surface area contributed by atoms with E-state index in [2.05, 4.69) is 24.8 Å². The zero-order valence-corrected chi connectivity index (χ0v) is 12.6. The van der Waals surface area contributed by atoms with Crippen LogP contribution in [0.5, 0.6) is 0 Å². The minimum absolute atomic E-state index is 0.380. The van der Waals surface area contributed by atoms with Gasteiger partial charge in [-0.3, -0.25) is 0 Å². The molecule has 110 valence electrons. The Morgan fingerprint density at radius 1 is 1.35 bits per heavy atom. The highest BCUT2D eigenvalue weighted by atomic mass is 16.5. The van der Waals surface area contributed by atoms with Crippen molar-refractivity contribution in [1.29, 1.82) is 0 Å². The van der Waals surface area contributed by atoms with Crippen LogP contribution in [0.25, 0.3) is 0 Å². The van der Waals surface area contributed by atoms with Gasteiger partial charge in [0.15, 0.2) is 0 Å². The van der Waals surface area contributed by atoms with E-state index < -0.39 is 0 Å². The molecule has 4 nitrogen and oxygen atoms in total. The molecular weight excluding hydrogens is 250 g/mol. The summed E-state index contributed by atoms with van der Waals surface area (Å²) in [5.41, 5.74) is 9.51. The van der Waals surface area contributed by atoms with Gasteiger partial charge in [-0.1, -0.05) is 12.8 Å². The van der Waals surface area contributed by atoms with E-state index in [1.54, 1.807) is 0 Å². The molecular formula is C16H25N3O. The van der Waals surface area contributed by atoms with Gasteiger partial charge in [0.2, 0.25) is 0 Å². The third-order valence-corrected chi connectivity index (χ3v) is 4.66. The molecule has 0 amide bonds. The Kier molecular flexibility index (Phi) is 3.94. The van der Waals surface area contributed by atoms with Gasteiger partial charge in [-0.2, -0.15) is 0 Å². The van der Waals surface area contributed by atoms with Crippen molar-refractivity contribution in [2.45, 2.75) is 58.2 Å². The first-order valence-electron chi connectivity index (χ1n) is 7.76. The summed E-state index contributed by atoms with van der Waals surface area (Å²) in [5, 5.41) is 0. The Labute approximate surface area is 121 Å². The van der Waals surface area contributed by atoms with E-state index in [4.69, 9.17) is 15.5 Å². The summed E-state index contributed by atoms with van der Waals surface area (Å²) in [6.07, 6.45) is 5.36. The highest BCUT2D eigenvalue weighted by Crippen LogP contribution is 2.33. The van der Waals surface area contributed by atoms with Crippen molar-refractivity contribution in [3.8, 4) is 0 Å². The van der Waals surface area contributed by atoms with Gasteiger partial charge in [-0.15, -0.1) is 0 Å². The molecule has 4 heteroatoms. The Balaban J connectivity index is 1.98. The number of aryl methyl sites for hydroxylation is 2. The molecule has 1 aromatic rings. The number of hydrogen-bond donors (Lipinski definition) is 1. The van der Waals surface area contributed by atoms with Gasteiger partial charge in [0.05, 0.1) is 18.8 Å². The van der Waals surface area contributed by atoms with E-state index in [1.807, 2.05) is 0 Å². The van der Waals surface area contributed by atoms with Crippen LogP contribution in [-0.2, 0) is 11.3 Å². The fourth-order valence-corrected chi connectivity index (χ4v) is 3.69. The predicted molar refractivity (Wildman–Crippen MR) is 80.9 cm³/mol. The molecule has 2 aliphatic rings. The second-order valence-corrected chi connectivity index (χ2v) is 6.04. The van der Waals surface area contributed by atoms with Crippen LogP contribution in [-0.4, -0.2) is 30.3 Å². The maximum Gasteiger partial charge on any atom is 0.134 e. The number of aromatic nitrogens is 1. The Morgan fingerprint density at radius 2 is 2.15 bits per heavy atom. The maximum atomic E-state index is 5.98. The molecule has 2 atom stereocenters. The molecule has 1 saturated carbocycles. The van der Waals surface area contributed by atoms with Crippen LogP contribution in [0.3, 0.4) is 0 Å². The van der Waals surface area contributed by atoms with E-state index in [-0.39, 0.29) is 0 Å². The molecule has 0 radical (unpaired) electrons. The first-order valence-corrected chi connectivity index (χ1v) is 7.76. The molecule has 0 bridgehead atoms. The first-order chi connectivity index (χ1) is 9.70. The van der Waals surface area contributed by atoms with Crippen molar-refractivity contribution in [3.05, 3.63) is 22.9 Å². The molecule has 3 rings (SSSR count). The second kappa shape index (κ2) is 5.70. The van der Waals surface area contributed by atoms with E-state index in [0.29, 0.717) is 18.7 Å². The van der Waals surface area contributed by atoms with Crippen LogP contribution >= 0.6 is 0 Å². The molecule has 2 N–H and O–H groups in total. The monoisotopic (exact) mass is 275 g/mol. The summed E-state index contributed by atoms with van der Waals surface area (Å²) in [4.78, 5) is 7.28. The van der Waals surface area contributed by atoms with E-state index in [9.17, 15) is 0 Å². The van der Waals surface area contributed by atoms with E-state index in [1.165, 1.54) is 36.8 Å².